The Labute approximate surface area is 177 Å². The third kappa shape index (κ3) is 17.1. The molecule has 0 amide bonds. The van der Waals surface area contributed by atoms with Gasteiger partial charge in [0.1, 0.15) is 0 Å². The zero-order valence-corrected chi connectivity index (χ0v) is 21.3. The molecule has 0 fully saturated rings. The highest BCUT2D eigenvalue weighted by Crippen LogP contribution is 2.35. The molecule has 0 heterocycles. The van der Waals surface area contributed by atoms with Gasteiger partial charge in [0.2, 0.25) is 8.41 Å². The third-order valence-corrected chi connectivity index (χ3v) is 12.3. The van der Waals surface area contributed by atoms with Gasteiger partial charge in [-0.3, -0.25) is 8.22 Å². The molecule has 0 aliphatic rings. The molecule has 0 spiro atoms. The molecule has 0 aromatic heterocycles. The van der Waals surface area contributed by atoms with E-state index in [-0.39, 0.29) is 18.1 Å². The second-order valence-electron chi connectivity index (χ2n) is 9.00. The molecular formula is C23H49F3Si2. The number of rotatable bonds is 21. The Balaban J connectivity index is 4.37. The van der Waals surface area contributed by atoms with Crippen LogP contribution in [0, 0.1) is 0 Å². The average molecular weight is 439 g/mol. The molecule has 0 aromatic carbocycles. The lowest BCUT2D eigenvalue weighted by atomic mass is 10.2. The summed E-state index contributed by atoms with van der Waals surface area (Å²) >= 11 is 0. The SMILES string of the molecule is CCCCCCC[Si](F)(F)CC[Si](F)(CCCCCCC)CCCCCCC. The highest BCUT2D eigenvalue weighted by molar-refractivity contribution is 6.76. The van der Waals surface area contributed by atoms with Gasteiger partial charge in [0.15, 0.2) is 0 Å². The number of hydrogen-bond donors (Lipinski definition) is 0. The van der Waals surface area contributed by atoms with Crippen LogP contribution in [0.4, 0.5) is 12.3 Å². The lowest BCUT2D eigenvalue weighted by Crippen LogP contribution is -2.32. The second kappa shape index (κ2) is 18.0. The maximum atomic E-state index is 15.7. The minimum absolute atomic E-state index is 0.0760. The zero-order chi connectivity index (χ0) is 21.1. The smallest absolute Gasteiger partial charge is 0.314 e. The first-order chi connectivity index (χ1) is 13.4. The van der Waals surface area contributed by atoms with Crippen molar-refractivity contribution < 1.29 is 12.3 Å². The highest BCUT2D eigenvalue weighted by atomic mass is 28.4. The van der Waals surface area contributed by atoms with Gasteiger partial charge in [0.05, 0.1) is 0 Å². The van der Waals surface area contributed by atoms with Crippen LogP contribution in [0.1, 0.15) is 117 Å². The molecule has 0 saturated heterocycles. The fourth-order valence-corrected chi connectivity index (χ4v) is 10.8. The quantitative estimate of drug-likeness (QED) is 0.0949. The van der Waals surface area contributed by atoms with Gasteiger partial charge in [-0.2, -0.15) is 0 Å². The summed E-state index contributed by atoms with van der Waals surface area (Å²) in [6.07, 6.45) is 16.0. The van der Waals surface area contributed by atoms with Crippen molar-refractivity contribution in [2.24, 2.45) is 0 Å². The number of unbranched alkanes of at least 4 members (excludes halogenated alkanes) is 12. The van der Waals surface area contributed by atoms with Crippen molar-refractivity contribution in [2.45, 2.75) is 147 Å². The molecule has 0 aliphatic heterocycles. The highest BCUT2D eigenvalue weighted by Gasteiger charge is 2.41. The van der Waals surface area contributed by atoms with Gasteiger partial charge in [-0.1, -0.05) is 117 Å². The Bertz CT molecular complexity index is 324. The maximum absolute atomic E-state index is 15.7. The monoisotopic (exact) mass is 438 g/mol. The molecular weight excluding hydrogens is 389 g/mol. The Kier molecular flexibility index (Phi) is 18.2. The Morgan fingerprint density at radius 2 is 0.750 bits per heavy atom. The van der Waals surface area contributed by atoms with Gasteiger partial charge in [-0.15, -0.1) is 0 Å². The summed E-state index contributed by atoms with van der Waals surface area (Å²) in [6.45, 7) is 6.50. The van der Waals surface area contributed by atoms with Crippen LogP contribution >= 0.6 is 0 Å². The van der Waals surface area contributed by atoms with Crippen molar-refractivity contribution in [3.8, 4) is 0 Å². The number of halogens is 3. The van der Waals surface area contributed by atoms with E-state index >= 15 is 4.11 Å². The van der Waals surface area contributed by atoms with E-state index in [0.717, 1.165) is 51.4 Å². The van der Waals surface area contributed by atoms with Crippen LogP contribution in [0.3, 0.4) is 0 Å². The van der Waals surface area contributed by atoms with Crippen LogP contribution < -0.4 is 0 Å². The van der Waals surface area contributed by atoms with E-state index in [1.165, 1.54) is 38.5 Å². The number of hydrogen-bond acceptors (Lipinski definition) is 0. The van der Waals surface area contributed by atoms with E-state index in [2.05, 4.69) is 20.8 Å². The molecule has 0 radical (unpaired) electrons. The van der Waals surface area contributed by atoms with Crippen LogP contribution in [0.25, 0.3) is 0 Å². The second-order valence-corrected chi connectivity index (χ2v) is 15.5. The van der Waals surface area contributed by atoms with Gasteiger partial charge < -0.3 is 4.11 Å². The topological polar surface area (TPSA) is 0 Å². The van der Waals surface area contributed by atoms with Crippen molar-refractivity contribution >= 4 is 17.1 Å². The van der Waals surface area contributed by atoms with Crippen LogP contribution in [-0.4, -0.2) is 17.1 Å². The Morgan fingerprint density at radius 1 is 0.393 bits per heavy atom. The summed E-state index contributed by atoms with van der Waals surface area (Å²) in [4.78, 5) is 0. The summed E-state index contributed by atoms with van der Waals surface area (Å²) < 4.78 is 44.5. The van der Waals surface area contributed by atoms with Crippen molar-refractivity contribution in [1.82, 2.24) is 0 Å². The van der Waals surface area contributed by atoms with E-state index in [1.54, 1.807) is 0 Å². The van der Waals surface area contributed by atoms with Gasteiger partial charge in [0, 0.05) is 0 Å². The molecule has 0 nitrogen and oxygen atoms in total. The van der Waals surface area contributed by atoms with Gasteiger partial charge in [-0.05, 0) is 30.2 Å². The first-order valence-corrected chi connectivity index (χ1v) is 17.1. The molecule has 0 saturated carbocycles. The first-order valence-electron chi connectivity index (χ1n) is 12.5. The van der Waals surface area contributed by atoms with Crippen molar-refractivity contribution in [3.05, 3.63) is 0 Å². The van der Waals surface area contributed by atoms with E-state index in [9.17, 15) is 8.22 Å². The summed E-state index contributed by atoms with van der Waals surface area (Å²) in [7, 11) is -7.18. The van der Waals surface area contributed by atoms with Crippen LogP contribution in [-0.2, 0) is 0 Å². The average Bonchev–Trinajstić information content (AvgIpc) is 2.66. The Hall–Kier alpha value is 0.224. The maximum Gasteiger partial charge on any atom is 0.424 e. The van der Waals surface area contributed by atoms with Crippen LogP contribution in [0.15, 0.2) is 0 Å². The predicted molar refractivity (Wildman–Crippen MR) is 125 cm³/mol. The summed E-state index contributed by atoms with van der Waals surface area (Å²) in [6, 6.07) is 1.52. The molecule has 0 aromatic rings. The fraction of sp³-hybridized carbons (Fsp3) is 1.00. The van der Waals surface area contributed by atoms with E-state index in [0.29, 0.717) is 18.5 Å². The molecule has 170 valence electrons. The van der Waals surface area contributed by atoms with Crippen molar-refractivity contribution in [1.29, 1.82) is 0 Å². The van der Waals surface area contributed by atoms with Crippen LogP contribution in [0.5, 0.6) is 0 Å². The molecule has 28 heavy (non-hydrogen) atoms. The first kappa shape index (κ1) is 28.2. The molecule has 5 heteroatoms. The molecule has 0 bridgehead atoms. The summed E-state index contributed by atoms with van der Waals surface area (Å²) in [5, 5.41) is 0. The van der Waals surface area contributed by atoms with E-state index in [4.69, 9.17) is 0 Å². The van der Waals surface area contributed by atoms with E-state index < -0.39 is 17.1 Å². The van der Waals surface area contributed by atoms with Crippen molar-refractivity contribution in [3.63, 3.8) is 0 Å². The third-order valence-electron chi connectivity index (χ3n) is 6.04. The molecule has 0 unspecified atom stereocenters. The Morgan fingerprint density at radius 3 is 1.14 bits per heavy atom. The molecule has 0 rings (SSSR count). The lowest BCUT2D eigenvalue weighted by molar-refractivity contribution is 0.560. The minimum Gasteiger partial charge on any atom is -0.314 e. The van der Waals surface area contributed by atoms with Gasteiger partial charge >= 0.3 is 8.74 Å². The van der Waals surface area contributed by atoms with E-state index in [1.807, 2.05) is 0 Å². The fourth-order valence-electron chi connectivity index (χ4n) is 3.98. The summed E-state index contributed by atoms with van der Waals surface area (Å²) in [5.41, 5.74) is 0. The molecule has 0 aliphatic carbocycles. The molecule has 0 atom stereocenters. The van der Waals surface area contributed by atoms with Gasteiger partial charge in [-0.25, -0.2) is 0 Å². The minimum atomic E-state index is -4.20. The largest absolute Gasteiger partial charge is 0.424 e. The standard InChI is InChI=1S/C23H49F3Si2/c1-4-7-10-13-16-19-27(24,20-17-14-11-8-5-2)22-23-28(25,26)21-18-15-12-9-6-3/h4-23H2,1-3H3. The van der Waals surface area contributed by atoms with Gasteiger partial charge in [0.25, 0.3) is 0 Å². The summed E-state index contributed by atoms with van der Waals surface area (Å²) in [5.74, 6) is 0. The lowest BCUT2D eigenvalue weighted by Gasteiger charge is -2.24. The molecule has 0 N–H and O–H groups in total. The van der Waals surface area contributed by atoms with Crippen molar-refractivity contribution in [2.75, 3.05) is 0 Å². The predicted octanol–water partition coefficient (Wildman–Crippen LogP) is 10.2. The zero-order valence-electron chi connectivity index (χ0n) is 19.3. The van der Waals surface area contributed by atoms with Crippen LogP contribution in [0.2, 0.25) is 30.2 Å². The normalized spacial score (nSPS) is 12.6.